The van der Waals surface area contributed by atoms with E-state index >= 15 is 0 Å². The molecule has 1 aromatic rings. The van der Waals surface area contributed by atoms with Crippen molar-refractivity contribution in [2.45, 2.75) is 70.4 Å². The first-order valence-corrected chi connectivity index (χ1v) is 8.77. The number of ether oxygens (including phenoxy) is 1. The predicted octanol–water partition coefficient (Wildman–Crippen LogP) is 6.48. The summed E-state index contributed by atoms with van der Waals surface area (Å²) in [4.78, 5) is 0. The van der Waals surface area contributed by atoms with Gasteiger partial charge in [-0.2, -0.15) is 13.2 Å². The van der Waals surface area contributed by atoms with E-state index in [1.54, 1.807) is 0 Å². The lowest BCUT2D eigenvalue weighted by Gasteiger charge is -2.29. The molecular formula is C19H27F3O. The summed E-state index contributed by atoms with van der Waals surface area (Å²) in [6, 6.07) is 8.26. The molecule has 23 heavy (non-hydrogen) atoms. The average molecular weight is 328 g/mol. The van der Waals surface area contributed by atoms with Crippen LogP contribution in [0.2, 0.25) is 0 Å². The first-order valence-electron chi connectivity index (χ1n) is 8.77. The van der Waals surface area contributed by atoms with Gasteiger partial charge in [0.05, 0.1) is 6.61 Å². The normalized spacial score (nSPS) is 22.1. The molecule has 0 radical (unpaired) electrons. The van der Waals surface area contributed by atoms with E-state index in [0.29, 0.717) is 12.3 Å². The maximum Gasteiger partial charge on any atom is 0.389 e. The number of benzene rings is 1. The number of hydrogen-bond donors (Lipinski definition) is 0. The zero-order chi connectivity index (χ0) is 16.7. The smallest absolute Gasteiger partial charge is 0.389 e. The summed E-state index contributed by atoms with van der Waals surface area (Å²) >= 11 is 0. The molecule has 1 aliphatic rings. The summed E-state index contributed by atoms with van der Waals surface area (Å²) in [5.74, 6) is 1.63. The topological polar surface area (TPSA) is 9.23 Å². The summed E-state index contributed by atoms with van der Waals surface area (Å²) in [5, 5.41) is 0. The van der Waals surface area contributed by atoms with E-state index in [9.17, 15) is 13.2 Å². The summed E-state index contributed by atoms with van der Waals surface area (Å²) in [6.07, 6.45) is 1.65. The van der Waals surface area contributed by atoms with Crippen molar-refractivity contribution in [1.29, 1.82) is 0 Å². The number of rotatable bonds is 7. The number of hydrogen-bond acceptors (Lipinski definition) is 1. The highest BCUT2D eigenvalue weighted by Crippen LogP contribution is 2.39. The SMILES string of the molecule is CCCCOc1ccc(C2CCC(CCC(F)(F)F)CC2)cc1. The molecule has 1 aromatic carbocycles. The lowest BCUT2D eigenvalue weighted by molar-refractivity contribution is -0.138. The highest BCUT2D eigenvalue weighted by Gasteiger charge is 2.30. The lowest BCUT2D eigenvalue weighted by Crippen LogP contribution is -2.16. The minimum Gasteiger partial charge on any atom is -0.494 e. The van der Waals surface area contributed by atoms with Crippen molar-refractivity contribution in [3.05, 3.63) is 29.8 Å². The molecule has 1 nitrogen and oxygen atoms in total. The van der Waals surface area contributed by atoms with Gasteiger partial charge in [-0.15, -0.1) is 0 Å². The van der Waals surface area contributed by atoms with E-state index < -0.39 is 12.6 Å². The highest BCUT2D eigenvalue weighted by molar-refractivity contribution is 5.29. The fourth-order valence-corrected chi connectivity index (χ4v) is 3.32. The molecule has 4 heteroatoms. The second-order valence-electron chi connectivity index (χ2n) is 6.64. The van der Waals surface area contributed by atoms with Crippen LogP contribution in [-0.4, -0.2) is 12.8 Å². The van der Waals surface area contributed by atoms with Crippen LogP contribution in [0.5, 0.6) is 5.75 Å². The molecule has 1 aliphatic carbocycles. The van der Waals surface area contributed by atoms with Crippen molar-refractivity contribution in [3.63, 3.8) is 0 Å². The lowest BCUT2D eigenvalue weighted by atomic mass is 9.77. The van der Waals surface area contributed by atoms with Crippen LogP contribution < -0.4 is 4.74 Å². The zero-order valence-electron chi connectivity index (χ0n) is 13.9. The van der Waals surface area contributed by atoms with Gasteiger partial charge in [-0.1, -0.05) is 25.5 Å². The monoisotopic (exact) mass is 328 g/mol. The Morgan fingerprint density at radius 2 is 1.70 bits per heavy atom. The maximum atomic E-state index is 12.3. The minimum absolute atomic E-state index is 0.240. The van der Waals surface area contributed by atoms with Gasteiger partial charge < -0.3 is 4.74 Å². The van der Waals surface area contributed by atoms with E-state index in [1.807, 2.05) is 12.1 Å². The van der Waals surface area contributed by atoms with Gasteiger partial charge in [0, 0.05) is 6.42 Å². The van der Waals surface area contributed by atoms with E-state index in [-0.39, 0.29) is 5.92 Å². The molecule has 0 amide bonds. The van der Waals surface area contributed by atoms with Crippen LogP contribution in [0, 0.1) is 5.92 Å². The van der Waals surface area contributed by atoms with Gasteiger partial charge >= 0.3 is 6.18 Å². The van der Waals surface area contributed by atoms with Crippen molar-refractivity contribution in [3.8, 4) is 5.75 Å². The first kappa shape index (κ1) is 18.2. The highest BCUT2D eigenvalue weighted by atomic mass is 19.4. The molecule has 0 bridgehead atoms. The quantitative estimate of drug-likeness (QED) is 0.520. The standard InChI is InChI=1S/C19H27F3O/c1-2-3-14-23-18-10-8-17(9-11-18)16-6-4-15(5-7-16)12-13-19(20,21)22/h8-11,15-16H,2-7,12-14H2,1H3. The Labute approximate surface area is 137 Å². The molecule has 0 unspecified atom stereocenters. The van der Waals surface area contributed by atoms with E-state index in [4.69, 9.17) is 4.74 Å². The van der Waals surface area contributed by atoms with Gasteiger partial charge in [0.2, 0.25) is 0 Å². The van der Waals surface area contributed by atoms with Gasteiger partial charge in [-0.3, -0.25) is 0 Å². The Kier molecular flexibility index (Phi) is 6.79. The molecule has 0 spiro atoms. The van der Waals surface area contributed by atoms with Crippen molar-refractivity contribution in [2.75, 3.05) is 6.61 Å². The number of halogens is 3. The fraction of sp³-hybridized carbons (Fsp3) is 0.684. The molecular weight excluding hydrogens is 301 g/mol. The zero-order valence-corrected chi connectivity index (χ0v) is 13.9. The largest absolute Gasteiger partial charge is 0.494 e. The van der Waals surface area contributed by atoms with Gasteiger partial charge in [0.25, 0.3) is 0 Å². The Morgan fingerprint density at radius 3 is 2.26 bits per heavy atom. The van der Waals surface area contributed by atoms with E-state index in [2.05, 4.69) is 19.1 Å². The van der Waals surface area contributed by atoms with E-state index in [0.717, 1.165) is 50.9 Å². The Bertz CT molecular complexity index is 445. The van der Waals surface area contributed by atoms with Crippen LogP contribution in [0.25, 0.3) is 0 Å². The summed E-state index contributed by atoms with van der Waals surface area (Å²) < 4.78 is 42.5. The third-order valence-corrected chi connectivity index (χ3v) is 4.80. The van der Waals surface area contributed by atoms with Crippen LogP contribution in [0.4, 0.5) is 13.2 Å². The molecule has 0 aliphatic heterocycles. The Balaban J connectivity index is 1.76. The molecule has 0 N–H and O–H groups in total. The number of unbranched alkanes of at least 4 members (excludes halogenated alkanes) is 1. The van der Waals surface area contributed by atoms with Crippen LogP contribution >= 0.6 is 0 Å². The third kappa shape index (κ3) is 6.44. The van der Waals surface area contributed by atoms with Crippen molar-refractivity contribution < 1.29 is 17.9 Å². The number of alkyl halides is 3. The van der Waals surface area contributed by atoms with Gasteiger partial charge in [-0.05, 0) is 68.1 Å². The van der Waals surface area contributed by atoms with Crippen LogP contribution in [0.15, 0.2) is 24.3 Å². The first-order chi connectivity index (χ1) is 11.0. The van der Waals surface area contributed by atoms with Crippen LogP contribution in [-0.2, 0) is 0 Å². The Morgan fingerprint density at radius 1 is 1.04 bits per heavy atom. The summed E-state index contributed by atoms with van der Waals surface area (Å²) in [6.45, 7) is 2.89. The Hall–Kier alpha value is -1.19. The fourth-order valence-electron chi connectivity index (χ4n) is 3.32. The molecule has 0 aromatic heterocycles. The van der Waals surface area contributed by atoms with Gasteiger partial charge in [0.15, 0.2) is 0 Å². The van der Waals surface area contributed by atoms with Gasteiger partial charge in [-0.25, -0.2) is 0 Å². The second kappa shape index (κ2) is 8.60. The molecule has 1 fully saturated rings. The van der Waals surface area contributed by atoms with Crippen LogP contribution in [0.3, 0.4) is 0 Å². The molecule has 0 atom stereocenters. The molecule has 130 valence electrons. The van der Waals surface area contributed by atoms with Crippen molar-refractivity contribution in [2.24, 2.45) is 5.92 Å². The predicted molar refractivity (Wildman–Crippen MR) is 86.8 cm³/mol. The average Bonchev–Trinajstić information content (AvgIpc) is 2.54. The molecule has 1 saturated carbocycles. The van der Waals surface area contributed by atoms with E-state index in [1.165, 1.54) is 5.56 Å². The molecule has 0 saturated heterocycles. The summed E-state index contributed by atoms with van der Waals surface area (Å²) in [7, 11) is 0. The van der Waals surface area contributed by atoms with Crippen molar-refractivity contribution in [1.82, 2.24) is 0 Å². The van der Waals surface area contributed by atoms with Crippen molar-refractivity contribution >= 4 is 0 Å². The van der Waals surface area contributed by atoms with Crippen LogP contribution in [0.1, 0.15) is 69.8 Å². The molecule has 2 rings (SSSR count). The second-order valence-corrected chi connectivity index (χ2v) is 6.64. The summed E-state index contributed by atoms with van der Waals surface area (Å²) in [5.41, 5.74) is 1.29. The minimum atomic E-state index is -4.01. The maximum absolute atomic E-state index is 12.3. The molecule has 0 heterocycles. The third-order valence-electron chi connectivity index (χ3n) is 4.80. The van der Waals surface area contributed by atoms with Gasteiger partial charge in [0.1, 0.15) is 5.75 Å².